The monoisotopic (exact) mass is 197 g/mol. The molecule has 2 heteroatoms. The standard InChI is InChI=1S/C12H23NO/c1-4-13-11-5-10(9(2)3)6-12(13)8-14-7-11/h9-12H,4-8H2,1-3H3. The Bertz CT molecular complexity index is 179. The average Bonchev–Trinajstić information content (AvgIpc) is 2.15. The van der Waals surface area contributed by atoms with E-state index in [1.54, 1.807) is 0 Å². The van der Waals surface area contributed by atoms with Crippen LogP contribution >= 0.6 is 0 Å². The first-order chi connectivity index (χ1) is 6.72. The van der Waals surface area contributed by atoms with Crippen LogP contribution in [0.2, 0.25) is 0 Å². The molecule has 2 heterocycles. The highest BCUT2D eigenvalue weighted by Gasteiger charge is 2.38. The molecule has 0 spiro atoms. The van der Waals surface area contributed by atoms with E-state index in [-0.39, 0.29) is 0 Å². The van der Waals surface area contributed by atoms with Gasteiger partial charge in [-0.15, -0.1) is 0 Å². The van der Waals surface area contributed by atoms with Crippen LogP contribution in [0.1, 0.15) is 33.6 Å². The first-order valence-corrected chi connectivity index (χ1v) is 6.05. The number of fused-ring (bicyclic) bond motifs is 2. The largest absolute Gasteiger partial charge is 0.378 e. The summed E-state index contributed by atoms with van der Waals surface area (Å²) in [5.41, 5.74) is 0. The number of hydrogen-bond acceptors (Lipinski definition) is 2. The third-order valence-corrected chi connectivity index (χ3v) is 4.02. The molecule has 0 saturated carbocycles. The summed E-state index contributed by atoms with van der Waals surface area (Å²) in [4.78, 5) is 2.66. The van der Waals surface area contributed by atoms with Crippen LogP contribution in [0.25, 0.3) is 0 Å². The second-order valence-electron chi connectivity index (χ2n) is 5.15. The lowest BCUT2D eigenvalue weighted by Gasteiger charge is -2.49. The number of morpholine rings is 1. The third kappa shape index (κ3) is 1.82. The van der Waals surface area contributed by atoms with Gasteiger partial charge in [0.25, 0.3) is 0 Å². The molecule has 2 nitrogen and oxygen atoms in total. The Balaban J connectivity index is 2.04. The van der Waals surface area contributed by atoms with Crippen molar-refractivity contribution in [1.82, 2.24) is 4.90 Å². The molecule has 2 saturated heterocycles. The van der Waals surface area contributed by atoms with Crippen LogP contribution in [0, 0.1) is 11.8 Å². The first kappa shape index (κ1) is 10.4. The van der Waals surface area contributed by atoms with Gasteiger partial charge in [0.15, 0.2) is 0 Å². The maximum absolute atomic E-state index is 5.65. The summed E-state index contributed by atoms with van der Waals surface area (Å²) in [6, 6.07) is 1.42. The van der Waals surface area contributed by atoms with E-state index >= 15 is 0 Å². The van der Waals surface area contributed by atoms with Crippen LogP contribution in [-0.4, -0.2) is 36.7 Å². The first-order valence-electron chi connectivity index (χ1n) is 6.05. The number of piperidine rings is 1. The Morgan fingerprint density at radius 1 is 1.21 bits per heavy atom. The molecule has 0 N–H and O–H groups in total. The molecule has 0 radical (unpaired) electrons. The van der Waals surface area contributed by atoms with E-state index in [0.29, 0.717) is 12.1 Å². The number of hydrogen-bond donors (Lipinski definition) is 0. The molecule has 0 amide bonds. The molecule has 2 bridgehead atoms. The normalized spacial score (nSPS) is 39.0. The molecule has 2 rings (SSSR count). The highest BCUT2D eigenvalue weighted by atomic mass is 16.5. The van der Waals surface area contributed by atoms with Crippen LogP contribution in [0.4, 0.5) is 0 Å². The number of nitrogens with zero attached hydrogens (tertiary/aromatic N) is 1. The molecular weight excluding hydrogens is 174 g/mol. The molecule has 14 heavy (non-hydrogen) atoms. The second kappa shape index (κ2) is 4.19. The van der Waals surface area contributed by atoms with Gasteiger partial charge in [-0.2, -0.15) is 0 Å². The van der Waals surface area contributed by atoms with Crippen molar-refractivity contribution in [3.8, 4) is 0 Å². The average molecular weight is 197 g/mol. The van der Waals surface area contributed by atoms with Gasteiger partial charge in [-0.05, 0) is 31.2 Å². The van der Waals surface area contributed by atoms with Crippen molar-refractivity contribution in [2.24, 2.45) is 11.8 Å². The highest BCUT2D eigenvalue weighted by molar-refractivity contribution is 4.91. The predicted octanol–water partition coefficient (Wildman–Crippen LogP) is 2.14. The van der Waals surface area contributed by atoms with E-state index in [1.165, 1.54) is 19.4 Å². The Labute approximate surface area is 87.6 Å². The molecule has 0 aliphatic carbocycles. The van der Waals surface area contributed by atoms with E-state index in [4.69, 9.17) is 4.74 Å². The zero-order valence-corrected chi connectivity index (χ0v) is 9.70. The predicted molar refractivity (Wildman–Crippen MR) is 58.3 cm³/mol. The van der Waals surface area contributed by atoms with Crippen LogP contribution in [0.5, 0.6) is 0 Å². The summed E-state index contributed by atoms with van der Waals surface area (Å²) in [5, 5.41) is 0. The summed E-state index contributed by atoms with van der Waals surface area (Å²) in [5.74, 6) is 1.77. The van der Waals surface area contributed by atoms with Crippen LogP contribution in [0.3, 0.4) is 0 Å². The topological polar surface area (TPSA) is 12.5 Å². The molecule has 82 valence electrons. The van der Waals surface area contributed by atoms with E-state index < -0.39 is 0 Å². The van der Waals surface area contributed by atoms with Crippen LogP contribution in [0.15, 0.2) is 0 Å². The summed E-state index contributed by atoms with van der Waals surface area (Å²) in [6.45, 7) is 10.1. The number of rotatable bonds is 2. The Morgan fingerprint density at radius 2 is 1.79 bits per heavy atom. The Kier molecular flexibility index (Phi) is 3.13. The molecule has 2 fully saturated rings. The van der Waals surface area contributed by atoms with E-state index in [9.17, 15) is 0 Å². The fourth-order valence-corrected chi connectivity index (χ4v) is 3.09. The number of ether oxygens (including phenoxy) is 1. The molecule has 0 aromatic carbocycles. The molecule has 2 aliphatic heterocycles. The minimum Gasteiger partial charge on any atom is -0.378 e. The minimum absolute atomic E-state index is 0.708. The third-order valence-electron chi connectivity index (χ3n) is 4.02. The van der Waals surface area contributed by atoms with Gasteiger partial charge >= 0.3 is 0 Å². The summed E-state index contributed by atoms with van der Waals surface area (Å²) >= 11 is 0. The molecule has 0 aromatic rings. The Hall–Kier alpha value is -0.0800. The molecule has 2 atom stereocenters. The maximum atomic E-state index is 5.65. The van der Waals surface area contributed by atoms with Gasteiger partial charge in [-0.25, -0.2) is 0 Å². The van der Waals surface area contributed by atoms with Crippen molar-refractivity contribution in [2.75, 3.05) is 19.8 Å². The van der Waals surface area contributed by atoms with Gasteiger partial charge < -0.3 is 4.74 Å². The highest BCUT2D eigenvalue weighted by Crippen LogP contribution is 2.34. The van der Waals surface area contributed by atoms with Crippen LogP contribution in [-0.2, 0) is 4.74 Å². The SMILES string of the molecule is CCN1C2COCC1CC(C(C)C)C2. The van der Waals surface area contributed by atoms with E-state index in [1.807, 2.05) is 0 Å². The summed E-state index contributed by atoms with van der Waals surface area (Å²) < 4.78 is 5.65. The van der Waals surface area contributed by atoms with Crippen molar-refractivity contribution in [3.05, 3.63) is 0 Å². The van der Waals surface area contributed by atoms with E-state index in [2.05, 4.69) is 25.7 Å². The van der Waals surface area contributed by atoms with Crippen LogP contribution < -0.4 is 0 Å². The van der Waals surface area contributed by atoms with Crippen molar-refractivity contribution < 1.29 is 4.74 Å². The van der Waals surface area contributed by atoms with Crippen molar-refractivity contribution >= 4 is 0 Å². The minimum atomic E-state index is 0.708. The lowest BCUT2D eigenvalue weighted by Crippen LogP contribution is -2.57. The lowest BCUT2D eigenvalue weighted by molar-refractivity contribution is -0.0903. The second-order valence-corrected chi connectivity index (χ2v) is 5.15. The maximum Gasteiger partial charge on any atom is 0.0622 e. The van der Waals surface area contributed by atoms with Crippen molar-refractivity contribution in [2.45, 2.75) is 45.7 Å². The smallest absolute Gasteiger partial charge is 0.0622 e. The zero-order valence-electron chi connectivity index (χ0n) is 9.70. The summed E-state index contributed by atoms with van der Waals surface area (Å²) in [6.07, 6.45) is 2.70. The fraction of sp³-hybridized carbons (Fsp3) is 1.00. The van der Waals surface area contributed by atoms with Gasteiger partial charge in [-0.3, -0.25) is 4.90 Å². The van der Waals surface area contributed by atoms with Gasteiger partial charge in [0, 0.05) is 12.1 Å². The lowest BCUT2D eigenvalue weighted by atomic mass is 9.79. The molecular formula is C12H23NO. The molecule has 0 aromatic heterocycles. The zero-order chi connectivity index (χ0) is 10.1. The van der Waals surface area contributed by atoms with Gasteiger partial charge in [0.2, 0.25) is 0 Å². The molecule has 2 unspecified atom stereocenters. The quantitative estimate of drug-likeness (QED) is 0.672. The van der Waals surface area contributed by atoms with Gasteiger partial charge in [0.1, 0.15) is 0 Å². The van der Waals surface area contributed by atoms with Crippen molar-refractivity contribution in [1.29, 1.82) is 0 Å². The van der Waals surface area contributed by atoms with E-state index in [0.717, 1.165) is 25.0 Å². The fourth-order valence-electron chi connectivity index (χ4n) is 3.09. The van der Waals surface area contributed by atoms with Gasteiger partial charge in [0.05, 0.1) is 13.2 Å². The van der Waals surface area contributed by atoms with Crippen molar-refractivity contribution in [3.63, 3.8) is 0 Å². The Morgan fingerprint density at radius 3 is 2.21 bits per heavy atom. The van der Waals surface area contributed by atoms with Gasteiger partial charge in [-0.1, -0.05) is 20.8 Å². The summed E-state index contributed by atoms with van der Waals surface area (Å²) in [7, 11) is 0. The molecule has 2 aliphatic rings. The number of likely N-dealkylation sites (N-methyl/N-ethyl adjacent to an activating group) is 1.